The van der Waals surface area contributed by atoms with Crippen molar-refractivity contribution < 1.29 is 4.74 Å². The number of H-pyrrole nitrogens is 1. The SMILES string of the molecule is CCOc1cccc(-c2cc(=O)[nH]c(C3CC3)n2)c1. The van der Waals surface area contributed by atoms with Gasteiger partial charge in [-0.1, -0.05) is 12.1 Å². The van der Waals surface area contributed by atoms with E-state index in [9.17, 15) is 4.79 Å². The molecular formula is C15H16N2O2. The van der Waals surface area contributed by atoms with E-state index in [0.29, 0.717) is 18.2 Å². The summed E-state index contributed by atoms with van der Waals surface area (Å²) in [6, 6.07) is 9.22. The van der Waals surface area contributed by atoms with Crippen molar-refractivity contribution in [2.45, 2.75) is 25.7 Å². The molecule has 1 aliphatic carbocycles. The maximum atomic E-state index is 11.7. The third-order valence-corrected chi connectivity index (χ3v) is 3.16. The Kier molecular flexibility index (Phi) is 3.07. The van der Waals surface area contributed by atoms with Gasteiger partial charge in [0.25, 0.3) is 5.56 Å². The molecule has 1 aromatic carbocycles. The quantitative estimate of drug-likeness (QED) is 0.915. The van der Waals surface area contributed by atoms with Crippen LogP contribution in [0.3, 0.4) is 0 Å². The summed E-state index contributed by atoms with van der Waals surface area (Å²) >= 11 is 0. The van der Waals surface area contributed by atoms with Gasteiger partial charge in [0.2, 0.25) is 0 Å². The van der Waals surface area contributed by atoms with Crippen LogP contribution >= 0.6 is 0 Å². The zero-order chi connectivity index (χ0) is 13.2. The first-order valence-corrected chi connectivity index (χ1v) is 6.61. The number of hydrogen-bond donors (Lipinski definition) is 1. The smallest absolute Gasteiger partial charge is 0.251 e. The predicted octanol–water partition coefficient (Wildman–Crippen LogP) is 2.71. The molecule has 1 saturated carbocycles. The zero-order valence-electron chi connectivity index (χ0n) is 10.8. The van der Waals surface area contributed by atoms with Gasteiger partial charge in [-0.25, -0.2) is 4.98 Å². The summed E-state index contributed by atoms with van der Waals surface area (Å²) in [5, 5.41) is 0. The van der Waals surface area contributed by atoms with Gasteiger partial charge in [-0.2, -0.15) is 0 Å². The minimum absolute atomic E-state index is 0.0892. The Bertz CT molecular complexity index is 645. The lowest BCUT2D eigenvalue weighted by molar-refractivity contribution is 0.340. The molecule has 0 radical (unpaired) electrons. The molecule has 98 valence electrons. The molecule has 0 atom stereocenters. The largest absolute Gasteiger partial charge is 0.494 e. The minimum atomic E-state index is -0.0892. The van der Waals surface area contributed by atoms with E-state index < -0.39 is 0 Å². The lowest BCUT2D eigenvalue weighted by atomic mass is 10.1. The Morgan fingerprint density at radius 1 is 1.37 bits per heavy atom. The van der Waals surface area contributed by atoms with E-state index in [1.54, 1.807) is 0 Å². The molecular weight excluding hydrogens is 240 g/mol. The van der Waals surface area contributed by atoms with Crippen LogP contribution in [0.25, 0.3) is 11.3 Å². The van der Waals surface area contributed by atoms with E-state index in [1.165, 1.54) is 6.07 Å². The van der Waals surface area contributed by atoms with Gasteiger partial charge in [0.05, 0.1) is 12.3 Å². The van der Waals surface area contributed by atoms with Gasteiger partial charge in [-0.3, -0.25) is 4.79 Å². The molecule has 0 bridgehead atoms. The second-order valence-corrected chi connectivity index (χ2v) is 4.75. The number of hydrogen-bond acceptors (Lipinski definition) is 3. The maximum absolute atomic E-state index is 11.7. The Hall–Kier alpha value is -2.10. The minimum Gasteiger partial charge on any atom is -0.494 e. The Balaban J connectivity index is 2.00. The van der Waals surface area contributed by atoms with Crippen molar-refractivity contribution in [3.8, 4) is 17.0 Å². The van der Waals surface area contributed by atoms with E-state index in [1.807, 2.05) is 31.2 Å². The highest BCUT2D eigenvalue weighted by Gasteiger charge is 2.26. The van der Waals surface area contributed by atoms with Crippen LogP contribution in [0.4, 0.5) is 0 Å². The highest BCUT2D eigenvalue weighted by atomic mass is 16.5. The summed E-state index contributed by atoms with van der Waals surface area (Å²) in [6.07, 6.45) is 2.23. The van der Waals surface area contributed by atoms with Crippen LogP contribution < -0.4 is 10.3 Å². The molecule has 1 heterocycles. The summed E-state index contributed by atoms with van der Waals surface area (Å²) in [6.45, 7) is 2.57. The standard InChI is InChI=1S/C15H16N2O2/c1-2-19-12-5-3-4-11(8-12)13-9-14(18)17-15(16-13)10-6-7-10/h3-5,8-10H,2,6-7H2,1H3,(H,16,17,18). The monoisotopic (exact) mass is 256 g/mol. The number of ether oxygens (including phenoxy) is 1. The van der Waals surface area contributed by atoms with E-state index in [2.05, 4.69) is 9.97 Å². The summed E-state index contributed by atoms with van der Waals surface area (Å²) in [7, 11) is 0. The molecule has 0 amide bonds. The number of benzene rings is 1. The Morgan fingerprint density at radius 3 is 2.95 bits per heavy atom. The van der Waals surface area contributed by atoms with Crippen molar-refractivity contribution in [3.63, 3.8) is 0 Å². The van der Waals surface area contributed by atoms with Gasteiger partial charge in [0.15, 0.2) is 0 Å². The first kappa shape index (κ1) is 12.0. The fourth-order valence-electron chi connectivity index (χ4n) is 2.09. The molecule has 0 aliphatic heterocycles. The third-order valence-electron chi connectivity index (χ3n) is 3.16. The van der Waals surface area contributed by atoms with Crippen molar-refractivity contribution in [1.82, 2.24) is 9.97 Å². The van der Waals surface area contributed by atoms with Crippen LogP contribution in [0.15, 0.2) is 35.1 Å². The maximum Gasteiger partial charge on any atom is 0.251 e. The molecule has 3 rings (SSSR count). The summed E-state index contributed by atoms with van der Waals surface area (Å²) < 4.78 is 5.47. The van der Waals surface area contributed by atoms with Crippen molar-refractivity contribution in [2.75, 3.05) is 6.61 Å². The normalized spacial score (nSPS) is 14.4. The van der Waals surface area contributed by atoms with Gasteiger partial charge >= 0.3 is 0 Å². The highest BCUT2D eigenvalue weighted by molar-refractivity contribution is 5.60. The second kappa shape index (κ2) is 4.88. The van der Waals surface area contributed by atoms with E-state index in [4.69, 9.17) is 4.74 Å². The number of aromatic nitrogens is 2. The molecule has 4 nitrogen and oxygen atoms in total. The summed E-state index contributed by atoms with van der Waals surface area (Å²) in [5.74, 6) is 2.04. The number of nitrogens with one attached hydrogen (secondary N) is 1. The summed E-state index contributed by atoms with van der Waals surface area (Å²) in [4.78, 5) is 19.1. The topological polar surface area (TPSA) is 55.0 Å². The predicted molar refractivity (Wildman–Crippen MR) is 73.4 cm³/mol. The Labute approximate surface area is 111 Å². The molecule has 1 N–H and O–H groups in total. The van der Waals surface area contributed by atoms with Crippen molar-refractivity contribution in [2.24, 2.45) is 0 Å². The summed E-state index contributed by atoms with van der Waals surface area (Å²) in [5.41, 5.74) is 1.54. The second-order valence-electron chi connectivity index (χ2n) is 4.75. The van der Waals surface area contributed by atoms with Crippen LogP contribution in [0.1, 0.15) is 31.5 Å². The average molecular weight is 256 g/mol. The molecule has 1 aromatic heterocycles. The van der Waals surface area contributed by atoms with Crippen molar-refractivity contribution in [3.05, 3.63) is 46.5 Å². The first-order chi connectivity index (χ1) is 9.26. The molecule has 0 spiro atoms. The lowest BCUT2D eigenvalue weighted by Gasteiger charge is -2.06. The lowest BCUT2D eigenvalue weighted by Crippen LogP contribution is -2.10. The van der Waals surface area contributed by atoms with Gasteiger partial charge in [-0.05, 0) is 31.9 Å². The fraction of sp³-hybridized carbons (Fsp3) is 0.333. The zero-order valence-corrected chi connectivity index (χ0v) is 10.8. The molecule has 4 heteroatoms. The first-order valence-electron chi connectivity index (χ1n) is 6.61. The van der Waals surface area contributed by atoms with Crippen molar-refractivity contribution >= 4 is 0 Å². The number of nitrogens with zero attached hydrogens (tertiary/aromatic N) is 1. The van der Waals surface area contributed by atoms with Gasteiger partial charge in [0, 0.05) is 17.5 Å². The average Bonchev–Trinajstić information content (AvgIpc) is 3.23. The molecule has 1 fully saturated rings. The van der Waals surface area contributed by atoms with Crippen LogP contribution in [0.2, 0.25) is 0 Å². The van der Waals surface area contributed by atoms with E-state index in [0.717, 1.165) is 30.0 Å². The number of rotatable bonds is 4. The van der Waals surface area contributed by atoms with Crippen molar-refractivity contribution in [1.29, 1.82) is 0 Å². The third kappa shape index (κ3) is 2.67. The fourth-order valence-corrected chi connectivity index (χ4v) is 2.09. The molecule has 0 saturated heterocycles. The van der Waals surface area contributed by atoms with E-state index in [-0.39, 0.29) is 5.56 Å². The number of aromatic amines is 1. The Morgan fingerprint density at radius 2 is 2.21 bits per heavy atom. The van der Waals surface area contributed by atoms with Crippen LogP contribution in [0.5, 0.6) is 5.75 Å². The molecule has 2 aromatic rings. The van der Waals surface area contributed by atoms with Crippen LogP contribution in [0, 0.1) is 0 Å². The van der Waals surface area contributed by atoms with Crippen LogP contribution in [-0.4, -0.2) is 16.6 Å². The molecule has 1 aliphatic rings. The van der Waals surface area contributed by atoms with Gasteiger partial charge < -0.3 is 9.72 Å². The van der Waals surface area contributed by atoms with Gasteiger partial charge in [-0.15, -0.1) is 0 Å². The van der Waals surface area contributed by atoms with Crippen LogP contribution in [-0.2, 0) is 0 Å². The highest BCUT2D eigenvalue weighted by Crippen LogP contribution is 2.38. The van der Waals surface area contributed by atoms with Gasteiger partial charge in [0.1, 0.15) is 11.6 Å². The molecule has 19 heavy (non-hydrogen) atoms. The molecule has 0 unspecified atom stereocenters. The van der Waals surface area contributed by atoms with E-state index >= 15 is 0 Å².